The summed E-state index contributed by atoms with van der Waals surface area (Å²) < 4.78 is 23.8. The Labute approximate surface area is 195 Å². The Morgan fingerprint density at radius 1 is 1.09 bits per heavy atom. The van der Waals surface area contributed by atoms with Gasteiger partial charge in [0, 0.05) is 19.3 Å². The molecule has 6 atom stereocenters. The van der Waals surface area contributed by atoms with Crippen LogP contribution in [0.2, 0.25) is 0 Å². The van der Waals surface area contributed by atoms with Crippen molar-refractivity contribution in [2.45, 2.75) is 69.5 Å². The summed E-state index contributed by atoms with van der Waals surface area (Å²) in [5.41, 5.74) is 0.642. The molecule has 1 saturated carbocycles. The lowest BCUT2D eigenvalue weighted by molar-refractivity contribution is -0.166. The second kappa shape index (κ2) is 10.6. The fourth-order valence-electron chi connectivity index (χ4n) is 4.79. The van der Waals surface area contributed by atoms with E-state index in [2.05, 4.69) is 26.8 Å². The minimum atomic E-state index is -1.00. The molecule has 0 unspecified atom stereocenters. The maximum absolute atomic E-state index is 12.4. The maximum atomic E-state index is 12.4. The van der Waals surface area contributed by atoms with Gasteiger partial charge in [0.1, 0.15) is 23.4 Å². The van der Waals surface area contributed by atoms with Crippen LogP contribution < -0.4 is 0 Å². The first-order valence-electron chi connectivity index (χ1n) is 11.3. The van der Waals surface area contributed by atoms with Crippen molar-refractivity contribution in [2.24, 2.45) is 5.92 Å². The van der Waals surface area contributed by atoms with E-state index < -0.39 is 11.9 Å². The number of allylic oxidation sites excluding steroid dienone is 7. The Kier molecular flexibility index (Phi) is 8.10. The van der Waals surface area contributed by atoms with Crippen molar-refractivity contribution in [1.82, 2.24) is 0 Å². The van der Waals surface area contributed by atoms with Gasteiger partial charge in [-0.05, 0) is 40.0 Å². The summed E-state index contributed by atoms with van der Waals surface area (Å²) in [5.74, 6) is -1.45. The topological polar surface area (TPSA) is 97.9 Å². The molecule has 0 radical (unpaired) electrons. The average molecular weight is 459 g/mol. The molecule has 1 N–H and O–H groups in total. The molecule has 1 aliphatic carbocycles. The summed E-state index contributed by atoms with van der Waals surface area (Å²) in [7, 11) is 1.65. The maximum Gasteiger partial charge on any atom is 0.331 e. The van der Waals surface area contributed by atoms with Crippen LogP contribution in [0.1, 0.15) is 40.0 Å². The lowest BCUT2D eigenvalue weighted by Gasteiger charge is -2.42. The number of esters is 1. The third-order valence-electron chi connectivity index (χ3n) is 6.53. The third kappa shape index (κ3) is 6.31. The van der Waals surface area contributed by atoms with E-state index in [4.69, 9.17) is 24.1 Å². The number of carbonyl (C=O) groups is 2. The number of rotatable bonds is 10. The van der Waals surface area contributed by atoms with E-state index in [1.807, 2.05) is 0 Å². The highest BCUT2D eigenvalue weighted by atomic mass is 16.6. The second-order valence-corrected chi connectivity index (χ2v) is 9.18. The van der Waals surface area contributed by atoms with Gasteiger partial charge in [-0.15, -0.1) is 0 Å². The summed E-state index contributed by atoms with van der Waals surface area (Å²) in [4.78, 5) is 22.8. The highest BCUT2D eigenvalue weighted by Gasteiger charge is 2.72. The molecule has 1 spiro atoms. The van der Waals surface area contributed by atoms with E-state index in [9.17, 15) is 9.59 Å². The summed E-state index contributed by atoms with van der Waals surface area (Å²) in [6.07, 6.45) is 16.0. The monoisotopic (exact) mass is 458 g/mol. The number of ether oxygens (including phenoxy) is 4. The van der Waals surface area contributed by atoms with E-state index in [0.29, 0.717) is 13.0 Å². The van der Waals surface area contributed by atoms with Crippen molar-refractivity contribution in [3.8, 4) is 0 Å². The quantitative estimate of drug-likeness (QED) is 0.174. The van der Waals surface area contributed by atoms with Gasteiger partial charge in [0.05, 0.1) is 18.6 Å². The highest BCUT2D eigenvalue weighted by Crippen LogP contribution is 2.59. The van der Waals surface area contributed by atoms with Gasteiger partial charge < -0.3 is 24.1 Å². The van der Waals surface area contributed by atoms with Crippen molar-refractivity contribution in [2.75, 3.05) is 13.7 Å². The van der Waals surface area contributed by atoms with Gasteiger partial charge in [0.25, 0.3) is 0 Å². The Balaban J connectivity index is 1.59. The molecule has 0 aromatic heterocycles. The predicted octanol–water partition coefficient (Wildman–Crippen LogP) is 3.92. The van der Waals surface area contributed by atoms with Crippen LogP contribution in [-0.4, -0.2) is 60.3 Å². The largest absolute Gasteiger partial charge is 0.478 e. The summed E-state index contributed by atoms with van der Waals surface area (Å²) >= 11 is 0. The molecule has 7 heteroatoms. The lowest BCUT2D eigenvalue weighted by Crippen LogP contribution is -2.55. The molecule has 3 aliphatic rings. The van der Waals surface area contributed by atoms with E-state index >= 15 is 0 Å². The molecule has 3 rings (SSSR count). The molecule has 33 heavy (non-hydrogen) atoms. The number of hydrogen-bond acceptors (Lipinski definition) is 6. The number of hydrogen-bond donors (Lipinski definition) is 1. The Morgan fingerprint density at radius 3 is 2.30 bits per heavy atom. The lowest BCUT2D eigenvalue weighted by atomic mass is 9.68. The van der Waals surface area contributed by atoms with Crippen LogP contribution in [0.25, 0.3) is 0 Å². The molecule has 0 aromatic rings. The van der Waals surface area contributed by atoms with Crippen molar-refractivity contribution in [3.05, 3.63) is 60.3 Å². The van der Waals surface area contributed by atoms with Crippen LogP contribution in [0.4, 0.5) is 0 Å². The smallest absolute Gasteiger partial charge is 0.331 e. The van der Waals surface area contributed by atoms with Crippen LogP contribution >= 0.6 is 0 Å². The molecule has 180 valence electrons. The SMILES string of the molecule is CO[C@H]1[C@@H]([C@@]2(C)O[C@@H]2CC=C(C)C)[C@@]2(CC[C@H]1OC(=O)/C=C/C=C/C=C\C=C/C(=O)O)CO2. The van der Waals surface area contributed by atoms with Gasteiger partial charge in [0.2, 0.25) is 0 Å². The molecule has 0 bridgehead atoms. The number of aliphatic carboxylic acids is 1. The normalized spacial score (nSPS) is 35.6. The summed E-state index contributed by atoms with van der Waals surface area (Å²) in [6, 6.07) is 0. The van der Waals surface area contributed by atoms with Crippen LogP contribution in [0, 0.1) is 5.92 Å². The molecule has 0 aromatic carbocycles. The zero-order chi connectivity index (χ0) is 24.1. The molecule has 2 saturated heterocycles. The fourth-order valence-corrected chi connectivity index (χ4v) is 4.79. The van der Waals surface area contributed by atoms with Gasteiger partial charge in [-0.2, -0.15) is 0 Å². The number of carbonyl (C=O) groups excluding carboxylic acids is 1. The van der Waals surface area contributed by atoms with Crippen LogP contribution in [0.5, 0.6) is 0 Å². The van der Waals surface area contributed by atoms with Crippen LogP contribution in [0.15, 0.2) is 60.3 Å². The molecule has 3 fully saturated rings. The molecule has 7 nitrogen and oxygen atoms in total. The van der Waals surface area contributed by atoms with E-state index in [1.54, 1.807) is 37.5 Å². The van der Waals surface area contributed by atoms with E-state index in [0.717, 1.165) is 18.9 Å². The Bertz CT molecular complexity index is 873. The van der Waals surface area contributed by atoms with Gasteiger partial charge in [-0.3, -0.25) is 0 Å². The number of carboxylic acid groups (broad SMARTS) is 1. The zero-order valence-corrected chi connectivity index (χ0v) is 19.7. The number of epoxide rings is 2. The number of carboxylic acids is 1. The number of methoxy groups -OCH3 is 1. The molecule has 2 heterocycles. The van der Waals surface area contributed by atoms with E-state index in [1.165, 1.54) is 17.7 Å². The zero-order valence-electron chi connectivity index (χ0n) is 19.7. The van der Waals surface area contributed by atoms with Crippen molar-refractivity contribution < 1.29 is 33.6 Å². The molecule has 0 amide bonds. The molecular weight excluding hydrogens is 424 g/mol. The molecule has 2 aliphatic heterocycles. The van der Waals surface area contributed by atoms with Crippen molar-refractivity contribution in [1.29, 1.82) is 0 Å². The summed E-state index contributed by atoms with van der Waals surface area (Å²) in [6.45, 7) is 6.96. The molecular formula is C26H34O7. The first-order chi connectivity index (χ1) is 15.7. The first kappa shape index (κ1) is 25.1. The van der Waals surface area contributed by atoms with Crippen LogP contribution in [0.3, 0.4) is 0 Å². The van der Waals surface area contributed by atoms with E-state index in [-0.39, 0.29) is 35.4 Å². The minimum Gasteiger partial charge on any atom is -0.478 e. The van der Waals surface area contributed by atoms with Gasteiger partial charge in [-0.25, -0.2) is 9.59 Å². The first-order valence-corrected chi connectivity index (χ1v) is 11.3. The third-order valence-corrected chi connectivity index (χ3v) is 6.53. The second-order valence-electron chi connectivity index (χ2n) is 9.18. The standard InChI is InChI=1S/C26H34O7/c1-18(2)13-14-20-25(3,33-20)24-23(30-4)19(15-16-26(24)17-31-26)32-22(29)12-10-8-6-5-7-9-11-21(27)28/h5-13,19-20,23-24H,14-17H2,1-4H3,(H,27,28)/b7-5-,8-6+,11-9-,12-10+/t19-,20-,23-,24+,25+,26-/m1/s1. The predicted molar refractivity (Wildman–Crippen MR) is 124 cm³/mol. The Morgan fingerprint density at radius 2 is 1.73 bits per heavy atom. The van der Waals surface area contributed by atoms with Crippen LogP contribution in [-0.2, 0) is 28.5 Å². The highest BCUT2D eigenvalue weighted by molar-refractivity contribution is 5.82. The average Bonchev–Trinajstić information content (AvgIpc) is 3.67. The van der Waals surface area contributed by atoms with Gasteiger partial charge in [0.15, 0.2) is 0 Å². The van der Waals surface area contributed by atoms with Crippen molar-refractivity contribution in [3.63, 3.8) is 0 Å². The summed E-state index contributed by atoms with van der Waals surface area (Å²) in [5, 5.41) is 8.51. The fraction of sp³-hybridized carbons (Fsp3) is 0.538. The minimum absolute atomic E-state index is 0.00928. The van der Waals surface area contributed by atoms with Gasteiger partial charge >= 0.3 is 11.9 Å². The van der Waals surface area contributed by atoms with Crippen molar-refractivity contribution >= 4 is 11.9 Å². The Hall–Kier alpha value is -2.48. The van der Waals surface area contributed by atoms with Gasteiger partial charge in [-0.1, -0.05) is 48.1 Å².